The highest BCUT2D eigenvalue weighted by molar-refractivity contribution is 9.10. The molecule has 3 rings (SSSR count). The second-order valence-corrected chi connectivity index (χ2v) is 7.27. The van der Waals surface area contributed by atoms with Crippen LogP contribution in [0.3, 0.4) is 0 Å². The predicted octanol–water partition coefficient (Wildman–Crippen LogP) is 3.36. The molecule has 1 aromatic carbocycles. The van der Waals surface area contributed by atoms with Gasteiger partial charge in [0.25, 0.3) is 5.91 Å². The quantitative estimate of drug-likeness (QED) is 0.886. The third kappa shape index (κ3) is 3.49. The highest BCUT2D eigenvalue weighted by Crippen LogP contribution is 2.27. The zero-order chi connectivity index (χ0) is 14.8. The molecule has 0 saturated carbocycles. The van der Waals surface area contributed by atoms with Crippen LogP contribution in [0.5, 0.6) is 0 Å². The lowest BCUT2D eigenvalue weighted by atomic mass is 9.88. The molecule has 2 aliphatic rings. The van der Waals surface area contributed by atoms with Crippen molar-refractivity contribution in [2.75, 3.05) is 19.6 Å². The van der Waals surface area contributed by atoms with E-state index in [-0.39, 0.29) is 5.91 Å². The molecule has 2 heterocycles. The standard InChI is InChI=1S/C17H23BrN2O/c1-12-9-14(11-15(18)10-12)17(21)20-7-4-13(5-8-20)16-3-2-6-19-16/h9-11,13,16,19H,2-8H2,1H3. The summed E-state index contributed by atoms with van der Waals surface area (Å²) in [6.45, 7) is 4.99. The van der Waals surface area contributed by atoms with Crippen LogP contribution in [-0.2, 0) is 0 Å². The number of halogens is 1. The molecule has 3 nitrogen and oxygen atoms in total. The molecule has 1 unspecified atom stereocenters. The lowest BCUT2D eigenvalue weighted by molar-refractivity contribution is 0.0674. The summed E-state index contributed by atoms with van der Waals surface area (Å²) in [6, 6.07) is 6.64. The number of rotatable bonds is 2. The normalized spacial score (nSPS) is 23.5. The minimum atomic E-state index is 0.178. The monoisotopic (exact) mass is 350 g/mol. The second-order valence-electron chi connectivity index (χ2n) is 6.35. The molecular weight excluding hydrogens is 328 g/mol. The SMILES string of the molecule is Cc1cc(Br)cc(C(=O)N2CCC(C3CCCN3)CC2)c1. The summed E-state index contributed by atoms with van der Waals surface area (Å²) in [5.41, 5.74) is 1.93. The van der Waals surface area contributed by atoms with Gasteiger partial charge in [0.15, 0.2) is 0 Å². The van der Waals surface area contributed by atoms with Crippen LogP contribution in [0.2, 0.25) is 0 Å². The van der Waals surface area contributed by atoms with E-state index < -0.39 is 0 Å². The molecule has 0 radical (unpaired) electrons. The molecule has 0 aliphatic carbocycles. The summed E-state index contributed by atoms with van der Waals surface area (Å²) < 4.78 is 0.982. The van der Waals surface area contributed by atoms with E-state index in [2.05, 4.69) is 21.2 Å². The molecule has 1 aromatic rings. The van der Waals surface area contributed by atoms with Crippen molar-refractivity contribution in [2.24, 2.45) is 5.92 Å². The summed E-state index contributed by atoms with van der Waals surface area (Å²) in [5, 5.41) is 3.61. The van der Waals surface area contributed by atoms with Crippen LogP contribution in [0.4, 0.5) is 0 Å². The van der Waals surface area contributed by atoms with E-state index in [0.29, 0.717) is 6.04 Å². The zero-order valence-electron chi connectivity index (χ0n) is 12.6. The lowest BCUT2D eigenvalue weighted by Gasteiger charge is -2.35. The lowest BCUT2D eigenvalue weighted by Crippen LogP contribution is -2.43. The van der Waals surface area contributed by atoms with Crippen LogP contribution in [0, 0.1) is 12.8 Å². The first-order valence-corrected chi connectivity index (χ1v) is 8.72. The summed E-state index contributed by atoms with van der Waals surface area (Å²) >= 11 is 3.48. The Labute approximate surface area is 135 Å². The summed E-state index contributed by atoms with van der Waals surface area (Å²) in [5.74, 6) is 0.929. The number of carbonyl (C=O) groups excluding carboxylic acids is 1. The smallest absolute Gasteiger partial charge is 0.253 e. The Kier molecular flexibility index (Phi) is 4.65. The van der Waals surface area contributed by atoms with E-state index in [1.165, 1.54) is 19.4 Å². The van der Waals surface area contributed by atoms with Crippen molar-refractivity contribution >= 4 is 21.8 Å². The van der Waals surface area contributed by atoms with E-state index in [1.54, 1.807) is 0 Å². The average molecular weight is 351 g/mol. The number of aryl methyl sites for hydroxylation is 1. The van der Waals surface area contributed by atoms with Crippen molar-refractivity contribution < 1.29 is 4.79 Å². The number of likely N-dealkylation sites (tertiary alicyclic amines) is 1. The van der Waals surface area contributed by atoms with Crippen LogP contribution in [-0.4, -0.2) is 36.5 Å². The average Bonchev–Trinajstić information content (AvgIpc) is 3.00. The Bertz CT molecular complexity index is 497. The first-order valence-electron chi connectivity index (χ1n) is 7.93. The van der Waals surface area contributed by atoms with E-state index in [9.17, 15) is 4.79 Å². The Hall–Kier alpha value is -0.870. The van der Waals surface area contributed by atoms with Gasteiger partial charge in [0.05, 0.1) is 0 Å². The molecule has 21 heavy (non-hydrogen) atoms. The summed E-state index contributed by atoms with van der Waals surface area (Å²) in [4.78, 5) is 14.6. The molecule has 2 saturated heterocycles. The van der Waals surface area contributed by atoms with Gasteiger partial charge in [-0.3, -0.25) is 4.79 Å². The van der Waals surface area contributed by atoms with Gasteiger partial charge in [0, 0.05) is 29.2 Å². The van der Waals surface area contributed by atoms with Gasteiger partial charge in [-0.25, -0.2) is 0 Å². The third-order valence-electron chi connectivity index (χ3n) is 4.78. The first-order chi connectivity index (χ1) is 10.1. The summed E-state index contributed by atoms with van der Waals surface area (Å²) in [6.07, 6.45) is 4.89. The number of amides is 1. The van der Waals surface area contributed by atoms with Crippen LogP contribution < -0.4 is 5.32 Å². The molecule has 1 amide bonds. The Balaban J connectivity index is 1.62. The van der Waals surface area contributed by atoms with E-state index >= 15 is 0 Å². The largest absolute Gasteiger partial charge is 0.339 e. The molecule has 1 atom stereocenters. The van der Waals surface area contributed by atoms with Crippen LogP contribution in [0.15, 0.2) is 22.7 Å². The zero-order valence-corrected chi connectivity index (χ0v) is 14.2. The van der Waals surface area contributed by atoms with Gasteiger partial charge < -0.3 is 10.2 Å². The number of nitrogens with one attached hydrogen (secondary N) is 1. The van der Waals surface area contributed by atoms with Crippen LogP contribution in [0.1, 0.15) is 41.6 Å². The molecule has 0 bridgehead atoms. The molecule has 1 N–H and O–H groups in total. The number of benzene rings is 1. The molecule has 114 valence electrons. The fourth-order valence-corrected chi connectivity index (χ4v) is 4.27. The van der Waals surface area contributed by atoms with Gasteiger partial charge in [-0.2, -0.15) is 0 Å². The summed E-state index contributed by atoms with van der Waals surface area (Å²) in [7, 11) is 0. The number of carbonyl (C=O) groups is 1. The van der Waals surface area contributed by atoms with Crippen molar-refractivity contribution in [3.05, 3.63) is 33.8 Å². The molecular formula is C17H23BrN2O. The van der Waals surface area contributed by atoms with Gasteiger partial charge in [0.2, 0.25) is 0 Å². The van der Waals surface area contributed by atoms with Crippen molar-refractivity contribution in [3.8, 4) is 0 Å². The van der Waals surface area contributed by atoms with Gasteiger partial charge in [-0.1, -0.05) is 15.9 Å². The molecule has 0 spiro atoms. The van der Waals surface area contributed by atoms with E-state index in [0.717, 1.165) is 47.4 Å². The Morgan fingerprint density at radius 3 is 2.62 bits per heavy atom. The molecule has 2 fully saturated rings. The number of hydrogen-bond acceptors (Lipinski definition) is 2. The maximum absolute atomic E-state index is 12.6. The minimum absolute atomic E-state index is 0.178. The van der Waals surface area contributed by atoms with Gasteiger partial charge >= 0.3 is 0 Å². The fraction of sp³-hybridized carbons (Fsp3) is 0.588. The maximum Gasteiger partial charge on any atom is 0.253 e. The van der Waals surface area contributed by atoms with Gasteiger partial charge in [-0.05, 0) is 68.8 Å². The van der Waals surface area contributed by atoms with Crippen molar-refractivity contribution in [1.29, 1.82) is 0 Å². The van der Waals surface area contributed by atoms with Crippen molar-refractivity contribution in [2.45, 2.75) is 38.6 Å². The first kappa shape index (κ1) is 15.0. The third-order valence-corrected chi connectivity index (χ3v) is 5.24. The van der Waals surface area contributed by atoms with Crippen LogP contribution >= 0.6 is 15.9 Å². The topological polar surface area (TPSA) is 32.3 Å². The molecule has 4 heteroatoms. The van der Waals surface area contributed by atoms with Crippen molar-refractivity contribution in [3.63, 3.8) is 0 Å². The minimum Gasteiger partial charge on any atom is -0.339 e. The van der Waals surface area contributed by atoms with E-state index in [1.807, 2.05) is 30.0 Å². The predicted molar refractivity (Wildman–Crippen MR) is 88.5 cm³/mol. The van der Waals surface area contributed by atoms with Crippen molar-refractivity contribution in [1.82, 2.24) is 10.2 Å². The number of hydrogen-bond donors (Lipinski definition) is 1. The Morgan fingerprint density at radius 2 is 2.00 bits per heavy atom. The molecule has 0 aromatic heterocycles. The maximum atomic E-state index is 12.6. The Morgan fingerprint density at radius 1 is 1.24 bits per heavy atom. The van der Waals surface area contributed by atoms with Gasteiger partial charge in [-0.15, -0.1) is 0 Å². The fourth-order valence-electron chi connectivity index (χ4n) is 3.66. The van der Waals surface area contributed by atoms with E-state index in [4.69, 9.17) is 0 Å². The number of nitrogens with zero attached hydrogens (tertiary/aromatic N) is 1. The van der Waals surface area contributed by atoms with Gasteiger partial charge in [0.1, 0.15) is 0 Å². The second kappa shape index (κ2) is 6.49. The molecule has 2 aliphatic heterocycles. The highest BCUT2D eigenvalue weighted by atomic mass is 79.9. The number of piperidine rings is 1. The highest BCUT2D eigenvalue weighted by Gasteiger charge is 2.30. The van der Waals surface area contributed by atoms with Crippen LogP contribution in [0.25, 0.3) is 0 Å².